The number of nitrogens with one attached hydrogen (secondary N) is 1. The Hall–Kier alpha value is -0.190. The van der Waals surface area contributed by atoms with Crippen LogP contribution in [0.3, 0.4) is 0 Å². The van der Waals surface area contributed by atoms with Gasteiger partial charge >= 0.3 is 0 Å². The fourth-order valence-corrected chi connectivity index (χ4v) is 3.55. The number of Topliss-reactive ketones (excluding diaryl/α,β-unsaturated/α-hetero) is 1. The van der Waals surface area contributed by atoms with E-state index in [1.807, 2.05) is 19.9 Å². The van der Waals surface area contributed by atoms with Crippen molar-refractivity contribution in [3.05, 3.63) is 20.8 Å². The summed E-state index contributed by atoms with van der Waals surface area (Å²) in [7, 11) is 0. The molecule has 0 aliphatic heterocycles. The Balaban J connectivity index is 1.99. The Morgan fingerprint density at radius 1 is 1.50 bits per heavy atom. The molecule has 0 radical (unpaired) electrons. The molecule has 1 aromatic rings. The first-order valence-corrected chi connectivity index (χ1v) is 8.18. The van der Waals surface area contributed by atoms with Crippen LogP contribution >= 0.6 is 27.3 Å². The van der Waals surface area contributed by atoms with Crippen LogP contribution in [0.4, 0.5) is 0 Å². The summed E-state index contributed by atoms with van der Waals surface area (Å²) in [4.78, 5) is 13.5. The van der Waals surface area contributed by atoms with Gasteiger partial charge < -0.3 is 5.32 Å². The van der Waals surface area contributed by atoms with E-state index in [2.05, 4.69) is 27.3 Å². The molecule has 0 amide bonds. The monoisotopic (exact) mass is 329 g/mol. The summed E-state index contributed by atoms with van der Waals surface area (Å²) in [5.41, 5.74) is 0. The summed E-state index contributed by atoms with van der Waals surface area (Å²) >= 11 is 5.15. The summed E-state index contributed by atoms with van der Waals surface area (Å²) in [6, 6.07) is 4.10. The van der Waals surface area contributed by atoms with Crippen molar-refractivity contribution in [1.29, 1.82) is 0 Å². The predicted molar refractivity (Wildman–Crippen MR) is 80.2 cm³/mol. The van der Waals surface area contributed by atoms with Gasteiger partial charge in [-0.05, 0) is 53.4 Å². The second-order valence-electron chi connectivity index (χ2n) is 5.35. The predicted octanol–water partition coefficient (Wildman–Crippen LogP) is 3.82. The molecule has 0 aromatic carbocycles. The number of halogens is 1. The molecule has 1 aromatic heterocycles. The van der Waals surface area contributed by atoms with Gasteiger partial charge in [0.05, 0.1) is 9.70 Å². The highest BCUT2D eigenvalue weighted by atomic mass is 79.9. The van der Waals surface area contributed by atoms with Gasteiger partial charge in [-0.25, -0.2) is 0 Å². The van der Waals surface area contributed by atoms with Crippen LogP contribution in [0.1, 0.15) is 37.5 Å². The Morgan fingerprint density at radius 3 is 2.72 bits per heavy atom. The van der Waals surface area contributed by atoms with Gasteiger partial charge in [-0.2, -0.15) is 0 Å². The van der Waals surface area contributed by atoms with Gasteiger partial charge in [-0.15, -0.1) is 11.3 Å². The molecule has 0 saturated heterocycles. The molecule has 100 valence electrons. The zero-order valence-corrected chi connectivity index (χ0v) is 13.3. The minimum absolute atomic E-state index is 0.0139. The number of rotatable bonds is 7. The van der Waals surface area contributed by atoms with Crippen LogP contribution in [0.15, 0.2) is 15.9 Å². The minimum Gasteiger partial charge on any atom is -0.315 e. The van der Waals surface area contributed by atoms with Crippen LogP contribution < -0.4 is 5.32 Å². The van der Waals surface area contributed by atoms with Crippen molar-refractivity contribution in [2.75, 3.05) is 13.1 Å². The summed E-state index contributed by atoms with van der Waals surface area (Å²) in [5, 5.41) is 3.46. The van der Waals surface area contributed by atoms with Crippen molar-refractivity contribution in [1.82, 2.24) is 5.32 Å². The SMILES string of the molecule is CC(C)C(=O)[C@H](CNCC1CC1)c1ccc(Br)s1. The quantitative estimate of drug-likeness (QED) is 0.823. The van der Waals surface area contributed by atoms with E-state index in [0.717, 1.165) is 22.8 Å². The molecule has 1 heterocycles. The van der Waals surface area contributed by atoms with E-state index in [4.69, 9.17) is 0 Å². The van der Waals surface area contributed by atoms with E-state index in [-0.39, 0.29) is 11.8 Å². The Morgan fingerprint density at radius 2 is 2.22 bits per heavy atom. The van der Waals surface area contributed by atoms with Gasteiger partial charge in [-0.3, -0.25) is 4.79 Å². The largest absolute Gasteiger partial charge is 0.315 e. The molecule has 4 heteroatoms. The summed E-state index contributed by atoms with van der Waals surface area (Å²) in [5.74, 6) is 1.31. The highest BCUT2D eigenvalue weighted by Gasteiger charge is 2.26. The lowest BCUT2D eigenvalue weighted by molar-refractivity contribution is -0.123. The first-order valence-electron chi connectivity index (χ1n) is 6.57. The maximum atomic E-state index is 12.3. The van der Waals surface area contributed by atoms with E-state index in [0.29, 0.717) is 5.78 Å². The molecule has 1 atom stereocenters. The molecule has 1 fully saturated rings. The van der Waals surface area contributed by atoms with E-state index >= 15 is 0 Å². The molecule has 1 aliphatic carbocycles. The molecule has 0 bridgehead atoms. The van der Waals surface area contributed by atoms with E-state index in [1.54, 1.807) is 11.3 Å². The summed E-state index contributed by atoms with van der Waals surface area (Å²) in [6.07, 6.45) is 2.70. The van der Waals surface area contributed by atoms with E-state index in [9.17, 15) is 4.79 Å². The van der Waals surface area contributed by atoms with Crippen molar-refractivity contribution in [3.63, 3.8) is 0 Å². The molecule has 1 saturated carbocycles. The van der Waals surface area contributed by atoms with Crippen LogP contribution in [0.2, 0.25) is 0 Å². The fraction of sp³-hybridized carbons (Fsp3) is 0.643. The molecular formula is C14H20BrNOS. The van der Waals surface area contributed by atoms with Crippen molar-refractivity contribution >= 4 is 33.0 Å². The zero-order valence-electron chi connectivity index (χ0n) is 10.9. The van der Waals surface area contributed by atoms with E-state index < -0.39 is 0 Å². The lowest BCUT2D eigenvalue weighted by Gasteiger charge is -2.17. The van der Waals surface area contributed by atoms with Crippen LogP contribution in [-0.2, 0) is 4.79 Å². The Kier molecular flexibility index (Phi) is 4.98. The molecule has 1 aliphatic rings. The number of ketones is 1. The van der Waals surface area contributed by atoms with Gasteiger partial charge in [0, 0.05) is 17.3 Å². The molecular weight excluding hydrogens is 310 g/mol. The average Bonchev–Trinajstić information content (AvgIpc) is 3.05. The highest BCUT2D eigenvalue weighted by Crippen LogP contribution is 2.31. The molecule has 2 rings (SSSR count). The molecule has 0 unspecified atom stereocenters. The van der Waals surface area contributed by atoms with Crippen LogP contribution in [-0.4, -0.2) is 18.9 Å². The van der Waals surface area contributed by atoms with Crippen LogP contribution in [0, 0.1) is 11.8 Å². The number of hydrogen-bond acceptors (Lipinski definition) is 3. The summed E-state index contributed by atoms with van der Waals surface area (Å²) < 4.78 is 1.10. The number of hydrogen-bond donors (Lipinski definition) is 1. The minimum atomic E-state index is 0.0139. The van der Waals surface area contributed by atoms with Crippen molar-refractivity contribution in [3.8, 4) is 0 Å². The summed E-state index contributed by atoms with van der Waals surface area (Å²) in [6.45, 7) is 5.81. The lowest BCUT2D eigenvalue weighted by Crippen LogP contribution is -2.30. The van der Waals surface area contributed by atoms with Crippen molar-refractivity contribution in [2.45, 2.75) is 32.6 Å². The van der Waals surface area contributed by atoms with Gasteiger partial charge in [-0.1, -0.05) is 13.8 Å². The molecule has 2 nitrogen and oxygen atoms in total. The lowest BCUT2D eigenvalue weighted by atomic mass is 9.94. The molecule has 0 spiro atoms. The Bertz CT molecular complexity index is 412. The van der Waals surface area contributed by atoms with E-state index in [1.165, 1.54) is 17.7 Å². The maximum Gasteiger partial charge on any atom is 0.144 e. The average molecular weight is 330 g/mol. The molecule has 18 heavy (non-hydrogen) atoms. The highest BCUT2D eigenvalue weighted by molar-refractivity contribution is 9.11. The van der Waals surface area contributed by atoms with Gasteiger partial charge in [0.15, 0.2) is 0 Å². The third-order valence-corrected chi connectivity index (χ3v) is 5.07. The first-order chi connectivity index (χ1) is 8.58. The fourth-order valence-electron chi connectivity index (χ4n) is 2.01. The number of thiophene rings is 1. The number of carbonyl (C=O) groups excluding carboxylic acids is 1. The standard InChI is InChI=1S/C14H20BrNOS/c1-9(2)14(17)11(8-16-7-10-3-4-10)12-5-6-13(15)18-12/h5-6,9-11,16H,3-4,7-8H2,1-2H3/t11-/m1/s1. The number of carbonyl (C=O) groups is 1. The first kappa shape index (κ1) is 14.2. The van der Waals surface area contributed by atoms with Crippen molar-refractivity contribution in [2.24, 2.45) is 11.8 Å². The van der Waals surface area contributed by atoms with Gasteiger partial charge in [0.1, 0.15) is 5.78 Å². The van der Waals surface area contributed by atoms with Crippen LogP contribution in [0.5, 0.6) is 0 Å². The third-order valence-electron chi connectivity index (χ3n) is 3.33. The second kappa shape index (κ2) is 6.31. The van der Waals surface area contributed by atoms with Gasteiger partial charge in [0.2, 0.25) is 0 Å². The van der Waals surface area contributed by atoms with Crippen molar-refractivity contribution < 1.29 is 4.79 Å². The Labute approximate surface area is 121 Å². The maximum absolute atomic E-state index is 12.3. The molecule has 1 N–H and O–H groups in total. The zero-order chi connectivity index (χ0) is 13.1. The smallest absolute Gasteiger partial charge is 0.144 e. The van der Waals surface area contributed by atoms with Crippen LogP contribution in [0.25, 0.3) is 0 Å². The topological polar surface area (TPSA) is 29.1 Å². The normalized spacial score (nSPS) is 17.1. The van der Waals surface area contributed by atoms with Gasteiger partial charge in [0.25, 0.3) is 0 Å². The second-order valence-corrected chi connectivity index (χ2v) is 7.85. The third kappa shape index (κ3) is 3.90.